The van der Waals surface area contributed by atoms with E-state index < -0.39 is 0 Å². The standard InChI is InChI=1S/C13H16FN3O/c1-3-11-12(15)13(18)17(16(11)4-2)10-7-5-6-9(14)8-10/h5-8H,3-4,15H2,1-2H3. The van der Waals surface area contributed by atoms with Crippen molar-refractivity contribution in [1.82, 2.24) is 9.36 Å². The zero-order valence-corrected chi connectivity index (χ0v) is 10.5. The minimum atomic E-state index is -0.375. The van der Waals surface area contributed by atoms with Crippen LogP contribution in [0.2, 0.25) is 0 Å². The molecule has 0 bridgehead atoms. The van der Waals surface area contributed by atoms with Crippen molar-refractivity contribution in [3.05, 3.63) is 46.1 Å². The molecule has 0 saturated carbocycles. The van der Waals surface area contributed by atoms with Gasteiger partial charge in [0.05, 0.1) is 11.4 Å². The largest absolute Gasteiger partial charge is 0.393 e. The molecule has 0 radical (unpaired) electrons. The fourth-order valence-corrected chi connectivity index (χ4v) is 2.18. The molecule has 5 heteroatoms. The van der Waals surface area contributed by atoms with Crippen LogP contribution >= 0.6 is 0 Å². The highest BCUT2D eigenvalue weighted by Gasteiger charge is 2.16. The summed E-state index contributed by atoms with van der Waals surface area (Å²) in [7, 11) is 0. The van der Waals surface area contributed by atoms with Crippen LogP contribution in [0.4, 0.5) is 10.1 Å². The van der Waals surface area contributed by atoms with Gasteiger partial charge in [-0.05, 0) is 31.5 Å². The van der Waals surface area contributed by atoms with Gasteiger partial charge in [0, 0.05) is 6.54 Å². The Morgan fingerprint density at radius 1 is 1.33 bits per heavy atom. The van der Waals surface area contributed by atoms with E-state index in [0.717, 1.165) is 5.69 Å². The van der Waals surface area contributed by atoms with Crippen LogP contribution in [-0.2, 0) is 13.0 Å². The van der Waals surface area contributed by atoms with E-state index in [2.05, 4.69) is 0 Å². The number of nitrogen functional groups attached to an aromatic ring is 1. The van der Waals surface area contributed by atoms with Gasteiger partial charge in [-0.1, -0.05) is 13.0 Å². The molecule has 1 heterocycles. The number of anilines is 1. The second kappa shape index (κ2) is 4.68. The molecule has 0 aliphatic heterocycles. The first-order chi connectivity index (χ1) is 8.60. The average Bonchev–Trinajstić information content (AvgIpc) is 2.61. The lowest BCUT2D eigenvalue weighted by Gasteiger charge is -2.12. The molecule has 0 spiro atoms. The van der Waals surface area contributed by atoms with Crippen LogP contribution in [-0.4, -0.2) is 9.36 Å². The van der Waals surface area contributed by atoms with Gasteiger partial charge in [0.1, 0.15) is 11.5 Å². The van der Waals surface area contributed by atoms with E-state index in [9.17, 15) is 9.18 Å². The van der Waals surface area contributed by atoms with Gasteiger partial charge in [-0.25, -0.2) is 9.07 Å². The summed E-state index contributed by atoms with van der Waals surface area (Å²) in [6.07, 6.45) is 0.664. The van der Waals surface area contributed by atoms with E-state index in [1.807, 2.05) is 13.8 Å². The van der Waals surface area contributed by atoms with Gasteiger partial charge in [-0.2, -0.15) is 0 Å². The summed E-state index contributed by atoms with van der Waals surface area (Å²) in [5.41, 5.74) is 7.04. The topological polar surface area (TPSA) is 53.0 Å². The van der Waals surface area contributed by atoms with Crippen LogP contribution in [0.1, 0.15) is 19.5 Å². The lowest BCUT2D eigenvalue weighted by Crippen LogP contribution is -2.22. The predicted octanol–water partition coefficient (Wildman–Crippen LogP) is 1.94. The lowest BCUT2D eigenvalue weighted by atomic mass is 10.3. The molecule has 2 rings (SSSR count). The molecule has 0 unspecified atom stereocenters. The van der Waals surface area contributed by atoms with E-state index in [-0.39, 0.29) is 17.1 Å². The van der Waals surface area contributed by atoms with Crippen molar-refractivity contribution in [2.45, 2.75) is 26.8 Å². The molecule has 1 aromatic heterocycles. The van der Waals surface area contributed by atoms with Gasteiger partial charge >= 0.3 is 0 Å². The molecule has 0 saturated heterocycles. The van der Waals surface area contributed by atoms with Crippen LogP contribution in [0.3, 0.4) is 0 Å². The predicted molar refractivity (Wildman–Crippen MR) is 69.5 cm³/mol. The smallest absolute Gasteiger partial charge is 0.294 e. The molecule has 2 N–H and O–H groups in total. The summed E-state index contributed by atoms with van der Waals surface area (Å²) < 4.78 is 16.5. The number of nitrogens with two attached hydrogens (primary N) is 1. The summed E-state index contributed by atoms with van der Waals surface area (Å²) in [6.45, 7) is 4.47. The summed E-state index contributed by atoms with van der Waals surface area (Å²) in [5, 5.41) is 0. The second-order valence-electron chi connectivity index (χ2n) is 4.03. The van der Waals surface area contributed by atoms with Crippen LogP contribution in [0.15, 0.2) is 29.1 Å². The van der Waals surface area contributed by atoms with Crippen molar-refractivity contribution >= 4 is 5.69 Å². The van der Waals surface area contributed by atoms with E-state index in [4.69, 9.17) is 5.73 Å². The Kier molecular flexibility index (Phi) is 3.23. The minimum Gasteiger partial charge on any atom is -0.393 e. The first kappa shape index (κ1) is 12.4. The first-order valence-electron chi connectivity index (χ1n) is 5.96. The van der Waals surface area contributed by atoms with Gasteiger partial charge < -0.3 is 5.73 Å². The Morgan fingerprint density at radius 3 is 2.61 bits per heavy atom. The number of hydrogen-bond acceptors (Lipinski definition) is 2. The molecule has 0 amide bonds. The van der Waals surface area contributed by atoms with Gasteiger partial charge in [0.25, 0.3) is 5.56 Å². The van der Waals surface area contributed by atoms with E-state index >= 15 is 0 Å². The first-order valence-corrected chi connectivity index (χ1v) is 5.96. The monoisotopic (exact) mass is 249 g/mol. The van der Waals surface area contributed by atoms with Crippen LogP contribution < -0.4 is 11.3 Å². The zero-order valence-electron chi connectivity index (χ0n) is 10.5. The molecular weight excluding hydrogens is 233 g/mol. The van der Waals surface area contributed by atoms with Gasteiger partial charge in [0.2, 0.25) is 0 Å². The highest BCUT2D eigenvalue weighted by Crippen LogP contribution is 2.15. The Balaban J connectivity index is 2.75. The van der Waals surface area contributed by atoms with Crippen LogP contribution in [0.5, 0.6) is 0 Å². The summed E-state index contributed by atoms with van der Waals surface area (Å²) >= 11 is 0. The number of benzene rings is 1. The molecule has 2 aromatic rings. The number of rotatable bonds is 3. The molecule has 18 heavy (non-hydrogen) atoms. The molecule has 0 aliphatic carbocycles. The van der Waals surface area contributed by atoms with Gasteiger partial charge in [0.15, 0.2) is 0 Å². The average molecular weight is 249 g/mol. The molecular formula is C13H16FN3O. The SMILES string of the molecule is CCc1c(N)c(=O)n(-c2cccc(F)c2)n1CC. The third-order valence-electron chi connectivity index (χ3n) is 2.97. The van der Waals surface area contributed by atoms with Crippen molar-refractivity contribution in [2.24, 2.45) is 0 Å². The molecule has 4 nitrogen and oxygen atoms in total. The maximum Gasteiger partial charge on any atom is 0.294 e. The number of aromatic nitrogens is 2. The van der Waals surface area contributed by atoms with Crippen molar-refractivity contribution < 1.29 is 4.39 Å². The Morgan fingerprint density at radius 2 is 2.06 bits per heavy atom. The Labute approximate surface area is 104 Å². The molecule has 1 aromatic carbocycles. The van der Waals surface area contributed by atoms with Crippen molar-refractivity contribution in [2.75, 3.05) is 5.73 Å². The van der Waals surface area contributed by atoms with Crippen molar-refractivity contribution in [3.63, 3.8) is 0 Å². The Bertz CT molecular complexity index is 628. The van der Waals surface area contributed by atoms with Crippen molar-refractivity contribution in [3.8, 4) is 5.69 Å². The van der Waals surface area contributed by atoms with Crippen LogP contribution in [0.25, 0.3) is 5.69 Å². The van der Waals surface area contributed by atoms with E-state index in [1.165, 1.54) is 16.8 Å². The Hall–Kier alpha value is -2.04. The van der Waals surface area contributed by atoms with Gasteiger partial charge in [-0.3, -0.25) is 9.48 Å². The normalized spacial score (nSPS) is 10.8. The van der Waals surface area contributed by atoms with Crippen LogP contribution in [0, 0.1) is 5.82 Å². The minimum absolute atomic E-state index is 0.239. The maximum absolute atomic E-state index is 13.3. The molecule has 0 atom stereocenters. The van der Waals surface area contributed by atoms with Gasteiger partial charge in [-0.15, -0.1) is 0 Å². The number of halogens is 1. The highest BCUT2D eigenvalue weighted by molar-refractivity contribution is 5.45. The molecule has 96 valence electrons. The second-order valence-corrected chi connectivity index (χ2v) is 4.03. The fraction of sp³-hybridized carbons (Fsp3) is 0.308. The molecule has 0 fully saturated rings. The highest BCUT2D eigenvalue weighted by atomic mass is 19.1. The summed E-state index contributed by atoms with van der Waals surface area (Å²) in [4.78, 5) is 12.1. The summed E-state index contributed by atoms with van der Waals surface area (Å²) in [5.74, 6) is -0.375. The lowest BCUT2D eigenvalue weighted by molar-refractivity contribution is 0.547. The zero-order chi connectivity index (χ0) is 13.3. The third kappa shape index (κ3) is 1.81. The fourth-order valence-electron chi connectivity index (χ4n) is 2.18. The third-order valence-corrected chi connectivity index (χ3v) is 2.97. The molecule has 0 aliphatic rings. The van der Waals surface area contributed by atoms with Crippen molar-refractivity contribution in [1.29, 1.82) is 0 Å². The quantitative estimate of drug-likeness (QED) is 0.903. The van der Waals surface area contributed by atoms with E-state index in [1.54, 1.807) is 16.8 Å². The maximum atomic E-state index is 13.3. The van der Waals surface area contributed by atoms with E-state index in [0.29, 0.717) is 18.7 Å². The number of hydrogen-bond donors (Lipinski definition) is 1. The summed E-state index contributed by atoms with van der Waals surface area (Å²) in [6, 6.07) is 5.94. The number of nitrogens with zero attached hydrogens (tertiary/aromatic N) is 2.